The number of halogens is 1. The first-order valence-electron chi connectivity index (χ1n) is 7.02. The number of nitrogens with one attached hydrogen (secondary N) is 1. The molecule has 0 aliphatic carbocycles. The minimum absolute atomic E-state index is 0.0786. The molecule has 2 aromatic rings. The van der Waals surface area contributed by atoms with Crippen molar-refractivity contribution in [3.8, 4) is 22.8 Å². The van der Waals surface area contributed by atoms with Gasteiger partial charge in [-0.3, -0.25) is 9.36 Å². The fourth-order valence-electron chi connectivity index (χ4n) is 2.68. The number of para-hydroxylation sites is 2. The highest BCUT2D eigenvalue weighted by molar-refractivity contribution is 5.78. The predicted molar refractivity (Wildman–Crippen MR) is 84.8 cm³/mol. The third-order valence-corrected chi connectivity index (χ3v) is 3.79. The van der Waals surface area contributed by atoms with Crippen LogP contribution in [0.1, 0.15) is 0 Å². The van der Waals surface area contributed by atoms with E-state index in [1.807, 2.05) is 24.3 Å². The fourth-order valence-corrected chi connectivity index (χ4v) is 2.68. The first kappa shape index (κ1) is 13.5. The van der Waals surface area contributed by atoms with Gasteiger partial charge in [-0.1, -0.05) is 12.1 Å². The van der Waals surface area contributed by atoms with Crippen LogP contribution in [0.4, 0.5) is 4.39 Å². The number of hydrogen-bond acceptors (Lipinski definition) is 3. The molecule has 0 radical (unpaired) electrons. The summed E-state index contributed by atoms with van der Waals surface area (Å²) >= 11 is 0. The molecule has 0 saturated heterocycles. The zero-order chi connectivity index (χ0) is 16.0. The van der Waals surface area contributed by atoms with Crippen LogP contribution in [0.15, 0.2) is 53.5 Å². The molecule has 0 atom stereocenters. The molecule has 4 rings (SSSR count). The van der Waals surface area contributed by atoms with E-state index in [4.69, 9.17) is 4.74 Å². The Morgan fingerprint density at radius 3 is 2.83 bits per heavy atom. The number of benzene rings is 2. The number of imidazole rings is 1. The molecule has 23 heavy (non-hydrogen) atoms. The summed E-state index contributed by atoms with van der Waals surface area (Å²) in [6, 6.07) is 11.7. The van der Waals surface area contributed by atoms with Crippen LogP contribution in [-0.4, -0.2) is 21.6 Å². The molecule has 0 bridgehead atoms. The van der Waals surface area contributed by atoms with Crippen LogP contribution in [0.5, 0.6) is 5.75 Å². The minimum atomic E-state index is -0.543. The second-order valence-electron chi connectivity index (χ2n) is 5.11. The molecule has 0 saturated carbocycles. The lowest BCUT2D eigenvalue weighted by Gasteiger charge is -2.05. The Morgan fingerprint density at radius 2 is 2.04 bits per heavy atom. The zero-order valence-electron chi connectivity index (χ0n) is 12.2. The summed E-state index contributed by atoms with van der Waals surface area (Å²) in [5, 5.41) is 0. The van der Waals surface area contributed by atoms with Crippen LogP contribution >= 0.6 is 0 Å². The average molecular weight is 309 g/mol. The topological polar surface area (TPSA) is 59.9 Å². The Kier molecular flexibility index (Phi) is 2.90. The van der Waals surface area contributed by atoms with Crippen molar-refractivity contribution in [2.45, 2.75) is 0 Å². The lowest BCUT2D eigenvalue weighted by Crippen LogP contribution is -2.15. The van der Waals surface area contributed by atoms with Gasteiger partial charge in [-0.05, 0) is 24.3 Å². The van der Waals surface area contributed by atoms with Gasteiger partial charge < -0.3 is 9.72 Å². The summed E-state index contributed by atoms with van der Waals surface area (Å²) < 4.78 is 20.7. The van der Waals surface area contributed by atoms with E-state index in [2.05, 4.69) is 9.97 Å². The van der Waals surface area contributed by atoms with E-state index >= 15 is 0 Å². The highest BCUT2D eigenvalue weighted by atomic mass is 19.1. The van der Waals surface area contributed by atoms with Gasteiger partial charge in [0.15, 0.2) is 5.82 Å². The van der Waals surface area contributed by atoms with E-state index < -0.39 is 5.82 Å². The van der Waals surface area contributed by atoms with Crippen LogP contribution in [0.3, 0.4) is 0 Å². The normalized spacial score (nSPS) is 11.2. The van der Waals surface area contributed by atoms with E-state index in [0.29, 0.717) is 17.1 Å². The van der Waals surface area contributed by atoms with Crippen LogP contribution < -0.4 is 10.3 Å². The summed E-state index contributed by atoms with van der Waals surface area (Å²) in [4.78, 5) is 20.1. The smallest absolute Gasteiger partial charge is 0.283 e. The largest absolute Gasteiger partial charge is 0.497 e. The molecular formula is C17H12FN3O2. The predicted octanol–water partition coefficient (Wildman–Crippen LogP) is 2.97. The van der Waals surface area contributed by atoms with Gasteiger partial charge in [-0.15, -0.1) is 0 Å². The Morgan fingerprint density at radius 1 is 1.22 bits per heavy atom. The van der Waals surface area contributed by atoms with Crippen molar-refractivity contribution in [1.29, 1.82) is 0 Å². The van der Waals surface area contributed by atoms with E-state index in [1.54, 1.807) is 12.3 Å². The van der Waals surface area contributed by atoms with Crippen molar-refractivity contribution < 1.29 is 9.13 Å². The number of methoxy groups -OCH3 is 1. The van der Waals surface area contributed by atoms with Gasteiger partial charge in [0.25, 0.3) is 5.56 Å². The number of aromatic amines is 1. The zero-order valence-corrected chi connectivity index (χ0v) is 12.2. The highest BCUT2D eigenvalue weighted by Gasteiger charge is 2.20. The van der Waals surface area contributed by atoms with E-state index in [1.165, 1.54) is 23.8 Å². The Labute approximate surface area is 130 Å². The molecule has 5 nitrogen and oxygen atoms in total. The van der Waals surface area contributed by atoms with E-state index in [0.717, 1.165) is 5.52 Å². The maximum atomic E-state index is 14.3. The maximum Gasteiger partial charge on any atom is 0.283 e. The third kappa shape index (κ3) is 1.99. The van der Waals surface area contributed by atoms with Crippen molar-refractivity contribution in [3.63, 3.8) is 0 Å². The molecule has 0 aromatic heterocycles. The molecule has 2 aliphatic rings. The summed E-state index contributed by atoms with van der Waals surface area (Å²) in [6.07, 6.45) is 1.63. The van der Waals surface area contributed by atoms with Gasteiger partial charge in [0.05, 0.1) is 18.1 Å². The van der Waals surface area contributed by atoms with Gasteiger partial charge in [0.2, 0.25) is 0 Å². The maximum absolute atomic E-state index is 14.3. The Balaban J connectivity index is 2.02. The molecule has 6 heteroatoms. The first-order valence-corrected chi connectivity index (χ1v) is 7.02. The van der Waals surface area contributed by atoms with E-state index in [-0.39, 0.29) is 16.8 Å². The average Bonchev–Trinajstić information content (AvgIpc) is 2.92. The number of H-pyrrole nitrogens is 1. The van der Waals surface area contributed by atoms with Crippen molar-refractivity contribution in [2.75, 3.05) is 7.11 Å². The molecule has 1 N–H and O–H groups in total. The number of ether oxygens (including phenoxy) is 1. The van der Waals surface area contributed by atoms with Crippen LogP contribution in [0, 0.1) is 5.82 Å². The number of nitrogens with zero attached hydrogens (tertiary/aromatic N) is 2. The van der Waals surface area contributed by atoms with Crippen molar-refractivity contribution >= 4 is 11.0 Å². The van der Waals surface area contributed by atoms with Crippen molar-refractivity contribution in [2.24, 2.45) is 0 Å². The van der Waals surface area contributed by atoms with E-state index in [9.17, 15) is 9.18 Å². The molecule has 0 amide bonds. The summed E-state index contributed by atoms with van der Waals surface area (Å²) in [6.45, 7) is 0. The highest BCUT2D eigenvalue weighted by Crippen LogP contribution is 2.25. The number of rotatable bonds is 2. The fraction of sp³-hybridized carbons (Fsp3) is 0.0588. The summed E-state index contributed by atoms with van der Waals surface area (Å²) in [5.74, 6) is 0.290. The molecular weight excluding hydrogens is 297 g/mol. The number of hydrogen-bond donors (Lipinski definition) is 1. The van der Waals surface area contributed by atoms with Crippen molar-refractivity contribution in [1.82, 2.24) is 14.5 Å². The van der Waals surface area contributed by atoms with Gasteiger partial charge >= 0.3 is 0 Å². The first-order chi connectivity index (χ1) is 11.2. The molecule has 0 spiro atoms. The lowest BCUT2D eigenvalue weighted by atomic mass is 10.1. The number of fused-ring (bicyclic) bond motifs is 3. The molecule has 0 fully saturated rings. The van der Waals surface area contributed by atoms with Gasteiger partial charge in [-0.25, -0.2) is 9.37 Å². The van der Waals surface area contributed by atoms with Gasteiger partial charge in [0, 0.05) is 17.8 Å². The van der Waals surface area contributed by atoms with Gasteiger partial charge in [-0.2, -0.15) is 0 Å². The second kappa shape index (κ2) is 4.95. The third-order valence-electron chi connectivity index (χ3n) is 3.79. The molecule has 2 aromatic carbocycles. The minimum Gasteiger partial charge on any atom is -0.497 e. The van der Waals surface area contributed by atoms with Crippen molar-refractivity contribution in [3.05, 3.63) is 64.8 Å². The van der Waals surface area contributed by atoms with Crippen LogP contribution in [0.25, 0.3) is 28.1 Å². The second-order valence-corrected chi connectivity index (χ2v) is 5.11. The SMILES string of the molecule is COc1ccc(-c2nc3c[nH]c4ccccc4n-3c2=O)c(F)c1. The summed E-state index contributed by atoms with van der Waals surface area (Å²) in [7, 11) is 1.46. The monoisotopic (exact) mass is 309 g/mol. The molecule has 114 valence electrons. The standard InChI is InChI=1S/C17H12FN3O2/c1-23-10-6-7-11(12(18)8-10)16-17(22)21-14-5-3-2-4-13(14)19-9-15(21)20-16/h2-9,19H,1H3. The van der Waals surface area contributed by atoms with Crippen LogP contribution in [-0.2, 0) is 0 Å². The number of aromatic nitrogens is 3. The molecule has 2 aliphatic heterocycles. The molecule has 0 unspecified atom stereocenters. The lowest BCUT2D eigenvalue weighted by molar-refractivity contribution is 0.411. The van der Waals surface area contributed by atoms with Crippen LogP contribution in [0.2, 0.25) is 0 Å². The Bertz CT molecular complexity index is 1050. The quantitative estimate of drug-likeness (QED) is 0.619. The Hall–Kier alpha value is -3.15. The summed E-state index contributed by atoms with van der Waals surface area (Å²) in [5.41, 5.74) is 1.38. The molecule has 2 heterocycles. The van der Waals surface area contributed by atoms with Gasteiger partial charge in [0.1, 0.15) is 17.3 Å².